The van der Waals surface area contributed by atoms with Gasteiger partial charge in [-0.05, 0) is 12.1 Å². The molecule has 0 heterocycles. The molecule has 0 fully saturated rings. The first-order chi connectivity index (χ1) is 6.50. The summed E-state index contributed by atoms with van der Waals surface area (Å²) in [6.45, 7) is 1.27. The van der Waals surface area contributed by atoms with Gasteiger partial charge in [-0.15, -0.1) is 0 Å². The van der Waals surface area contributed by atoms with Crippen molar-refractivity contribution < 1.29 is 19.3 Å². The van der Waals surface area contributed by atoms with Crippen molar-refractivity contribution >= 4 is 17.3 Å². The molecule has 74 valence electrons. The number of nitrogens with one attached hydrogen (secondary N) is 1. The maximum atomic E-state index is 12.8. The summed E-state index contributed by atoms with van der Waals surface area (Å²) >= 11 is 0. The van der Waals surface area contributed by atoms with Crippen LogP contribution in [0.4, 0.5) is 15.8 Å². The van der Waals surface area contributed by atoms with Crippen molar-refractivity contribution in [3.8, 4) is 0 Å². The maximum absolute atomic E-state index is 12.8. The highest BCUT2D eigenvalue weighted by Gasteiger charge is 2.19. The first-order valence-electron chi connectivity index (χ1n) is 3.74. The lowest BCUT2D eigenvalue weighted by Crippen LogP contribution is -2.06. The van der Waals surface area contributed by atoms with Crippen molar-refractivity contribution in [3.05, 3.63) is 28.9 Å². The Morgan fingerprint density at radius 3 is 2.71 bits per heavy atom. The van der Waals surface area contributed by atoms with Crippen molar-refractivity contribution in [2.75, 3.05) is 5.32 Å². The van der Waals surface area contributed by atoms with Gasteiger partial charge in [-0.3, -0.25) is 4.79 Å². The highest BCUT2D eigenvalue weighted by Crippen LogP contribution is 2.20. The SMILES string of the molecule is CC(=O)Nc1ccc(F)c([N+](=O)O)c1. The van der Waals surface area contributed by atoms with Gasteiger partial charge in [-0.2, -0.15) is 4.39 Å². The molecule has 0 saturated heterocycles. The third kappa shape index (κ3) is 2.25. The largest absolute Gasteiger partial charge is 0.353 e. The minimum absolute atomic E-state index is 0.240. The molecule has 1 aromatic rings. The fourth-order valence-electron chi connectivity index (χ4n) is 0.940. The lowest BCUT2D eigenvalue weighted by atomic mass is 10.2. The Hall–Kier alpha value is -1.98. The Morgan fingerprint density at radius 2 is 2.21 bits per heavy atom. The van der Waals surface area contributed by atoms with Gasteiger partial charge in [0, 0.05) is 18.7 Å². The number of carbonyl (C=O) groups excluding carboxylic acids is 1. The van der Waals surface area contributed by atoms with Crippen LogP contribution < -0.4 is 5.32 Å². The zero-order chi connectivity index (χ0) is 10.7. The van der Waals surface area contributed by atoms with Crippen molar-refractivity contribution in [2.24, 2.45) is 0 Å². The van der Waals surface area contributed by atoms with Crippen molar-refractivity contribution in [2.45, 2.75) is 6.92 Å². The Balaban J connectivity index is 3.06. The van der Waals surface area contributed by atoms with Gasteiger partial charge < -0.3 is 5.32 Å². The third-order valence-corrected chi connectivity index (χ3v) is 1.47. The molecular weight excluding hydrogens is 191 g/mol. The molecular formula is C8H8FN2O3+. The molecule has 0 aliphatic carbocycles. The molecule has 0 atom stereocenters. The van der Waals surface area contributed by atoms with Gasteiger partial charge in [0.25, 0.3) is 4.92 Å². The van der Waals surface area contributed by atoms with E-state index in [2.05, 4.69) is 5.32 Å². The number of anilines is 1. The maximum Gasteiger partial charge on any atom is 0.353 e. The minimum atomic E-state index is -0.864. The second-order valence-corrected chi connectivity index (χ2v) is 2.62. The van der Waals surface area contributed by atoms with Crippen molar-refractivity contribution in [3.63, 3.8) is 0 Å². The summed E-state index contributed by atoms with van der Waals surface area (Å²) < 4.78 is 12.8. The lowest BCUT2D eigenvalue weighted by Gasteiger charge is -1.99. The summed E-state index contributed by atoms with van der Waals surface area (Å²) in [5.74, 6) is -1.21. The predicted octanol–water partition coefficient (Wildman–Crippen LogP) is 1.58. The highest BCUT2D eigenvalue weighted by molar-refractivity contribution is 5.88. The highest BCUT2D eigenvalue weighted by atomic mass is 19.1. The molecule has 0 radical (unpaired) electrons. The first-order valence-corrected chi connectivity index (χ1v) is 3.74. The van der Waals surface area contributed by atoms with Crippen LogP contribution in [0.1, 0.15) is 6.92 Å². The molecule has 2 N–H and O–H groups in total. The fraction of sp³-hybridized carbons (Fsp3) is 0.125. The molecule has 6 heteroatoms. The molecule has 0 bridgehead atoms. The molecule has 14 heavy (non-hydrogen) atoms. The lowest BCUT2D eigenvalue weighted by molar-refractivity contribution is -0.730. The first kappa shape index (κ1) is 10.1. The summed E-state index contributed by atoms with van der Waals surface area (Å²) in [6, 6.07) is 3.29. The van der Waals surface area contributed by atoms with Crippen LogP contribution in [0.25, 0.3) is 0 Å². The minimum Gasteiger partial charge on any atom is -0.326 e. The standard InChI is InChI=1S/C8H7FN2O3/c1-5(12)10-6-2-3-7(9)8(4-6)11(13)14/h2-4H,1H3,(H-,10,12,13,14)/p+1. The number of benzene rings is 1. The van der Waals surface area contributed by atoms with E-state index in [1.807, 2.05) is 0 Å². The van der Waals surface area contributed by atoms with Gasteiger partial charge in [-0.1, -0.05) is 0 Å². The van der Waals surface area contributed by atoms with Crippen LogP contribution in [0, 0.1) is 10.7 Å². The molecule has 5 nitrogen and oxygen atoms in total. The topological polar surface area (TPSA) is 69.4 Å². The van der Waals surface area contributed by atoms with Crippen LogP contribution in [0.2, 0.25) is 0 Å². The van der Waals surface area contributed by atoms with Crippen LogP contribution in [0.5, 0.6) is 0 Å². The van der Waals surface area contributed by atoms with Crippen LogP contribution in [-0.2, 0) is 4.79 Å². The van der Waals surface area contributed by atoms with E-state index in [-0.39, 0.29) is 11.6 Å². The Labute approximate surface area is 78.7 Å². The van der Waals surface area contributed by atoms with Crippen LogP contribution in [-0.4, -0.2) is 16.0 Å². The number of amides is 1. The normalized spacial score (nSPS) is 9.57. The molecule has 1 rings (SSSR count). The molecule has 0 aromatic heterocycles. The average molecular weight is 199 g/mol. The predicted molar refractivity (Wildman–Crippen MR) is 45.8 cm³/mol. The van der Waals surface area contributed by atoms with E-state index in [0.29, 0.717) is 0 Å². The number of hydrogen-bond acceptors (Lipinski definition) is 2. The second-order valence-electron chi connectivity index (χ2n) is 2.62. The molecule has 0 aliphatic rings. The Kier molecular flexibility index (Phi) is 2.76. The Bertz CT molecular complexity index is 392. The third-order valence-electron chi connectivity index (χ3n) is 1.47. The van der Waals surface area contributed by atoms with Crippen LogP contribution >= 0.6 is 0 Å². The van der Waals surface area contributed by atoms with E-state index >= 15 is 0 Å². The van der Waals surface area contributed by atoms with Gasteiger partial charge >= 0.3 is 5.69 Å². The summed E-state index contributed by atoms with van der Waals surface area (Å²) in [5.41, 5.74) is -0.306. The number of carbonyl (C=O) groups is 1. The number of hydrogen-bond donors (Lipinski definition) is 2. The van der Waals surface area contributed by atoms with Gasteiger partial charge in [0.1, 0.15) is 0 Å². The molecule has 1 amide bonds. The van der Waals surface area contributed by atoms with Crippen LogP contribution in [0.3, 0.4) is 0 Å². The summed E-state index contributed by atoms with van der Waals surface area (Å²) in [4.78, 5) is 20.4. The Morgan fingerprint density at radius 1 is 1.57 bits per heavy atom. The molecule has 1 aromatic carbocycles. The smallest absolute Gasteiger partial charge is 0.326 e. The van der Waals surface area contributed by atoms with Gasteiger partial charge in [-0.25, -0.2) is 5.21 Å². The van der Waals surface area contributed by atoms with E-state index in [0.717, 1.165) is 12.1 Å². The summed E-state index contributed by atoms with van der Waals surface area (Å²) in [7, 11) is 0. The van der Waals surface area contributed by atoms with Gasteiger partial charge in [0.15, 0.2) is 0 Å². The zero-order valence-electron chi connectivity index (χ0n) is 7.32. The van der Waals surface area contributed by atoms with E-state index in [1.165, 1.54) is 13.0 Å². The second kappa shape index (κ2) is 3.82. The van der Waals surface area contributed by atoms with E-state index in [9.17, 15) is 14.1 Å². The molecule has 0 aliphatic heterocycles. The number of halogens is 1. The zero-order valence-corrected chi connectivity index (χ0v) is 7.32. The van der Waals surface area contributed by atoms with Gasteiger partial charge in [0.05, 0.1) is 4.91 Å². The number of rotatable bonds is 2. The van der Waals surface area contributed by atoms with E-state index in [1.54, 1.807) is 0 Å². The van der Waals surface area contributed by atoms with E-state index in [4.69, 9.17) is 5.21 Å². The monoisotopic (exact) mass is 199 g/mol. The van der Waals surface area contributed by atoms with Crippen molar-refractivity contribution in [1.82, 2.24) is 0 Å². The van der Waals surface area contributed by atoms with Gasteiger partial charge in [0.2, 0.25) is 11.7 Å². The molecule has 0 spiro atoms. The van der Waals surface area contributed by atoms with E-state index < -0.39 is 16.4 Å². The number of nitrogens with zero attached hydrogens (tertiary/aromatic N) is 1. The molecule has 0 saturated carbocycles. The average Bonchev–Trinajstić information content (AvgIpc) is 2.07. The summed E-state index contributed by atoms with van der Waals surface area (Å²) in [6.07, 6.45) is 0. The van der Waals surface area contributed by atoms with Crippen molar-refractivity contribution in [1.29, 1.82) is 0 Å². The fourth-order valence-corrected chi connectivity index (χ4v) is 0.940. The summed E-state index contributed by atoms with van der Waals surface area (Å²) in [5, 5.41) is 10.8. The quantitative estimate of drug-likeness (QED) is 0.710. The van der Waals surface area contributed by atoms with Crippen LogP contribution in [0.15, 0.2) is 18.2 Å². The molecule has 0 unspecified atom stereocenters.